The number of carboxylic acids is 1. The second kappa shape index (κ2) is 5.33. The maximum Gasteiger partial charge on any atom is 0.369 e. The minimum Gasteiger partial charge on any atom is -0.478 e. The van der Waals surface area contributed by atoms with Crippen LogP contribution in [0.25, 0.3) is 5.00 Å². The van der Waals surface area contributed by atoms with Gasteiger partial charge in [0.15, 0.2) is 0 Å². The summed E-state index contributed by atoms with van der Waals surface area (Å²) in [4.78, 5) is 23.4. The van der Waals surface area contributed by atoms with Gasteiger partial charge in [-0.15, -0.1) is 11.3 Å². The van der Waals surface area contributed by atoms with Gasteiger partial charge >= 0.3 is 11.7 Å². The van der Waals surface area contributed by atoms with E-state index < -0.39 is 11.7 Å². The lowest BCUT2D eigenvalue weighted by molar-refractivity contribution is 0.0695. The Bertz CT molecular complexity index is 835. The van der Waals surface area contributed by atoms with Crippen LogP contribution in [0.5, 0.6) is 0 Å². The molecule has 0 aliphatic rings. The standard InChI is InChI=1S/C13H10N4O3S/c18-12(19)10-5-2-1-4-9(10)8-16-13(20)17(15-14-16)11-6-3-7-21-11/h1-7H,8H2,(H,18,19). The predicted octanol–water partition coefficient (Wildman–Crippen LogP) is 1.24. The van der Waals surface area contributed by atoms with Crippen molar-refractivity contribution in [3.05, 3.63) is 63.4 Å². The van der Waals surface area contributed by atoms with Crippen LogP contribution < -0.4 is 5.69 Å². The number of carboxylic acid groups (broad SMARTS) is 1. The van der Waals surface area contributed by atoms with Crippen molar-refractivity contribution in [3.8, 4) is 5.00 Å². The third-order valence-corrected chi connectivity index (χ3v) is 3.77. The molecule has 0 atom stereocenters. The average Bonchev–Trinajstić information content (AvgIpc) is 3.10. The van der Waals surface area contributed by atoms with Crippen LogP contribution >= 0.6 is 11.3 Å². The van der Waals surface area contributed by atoms with Gasteiger partial charge in [-0.05, 0) is 39.6 Å². The van der Waals surface area contributed by atoms with Gasteiger partial charge in [0.05, 0.1) is 12.1 Å². The zero-order valence-electron chi connectivity index (χ0n) is 10.7. The van der Waals surface area contributed by atoms with Crippen molar-refractivity contribution in [2.75, 3.05) is 0 Å². The van der Waals surface area contributed by atoms with E-state index >= 15 is 0 Å². The van der Waals surface area contributed by atoms with E-state index in [9.17, 15) is 9.59 Å². The third kappa shape index (κ3) is 2.48. The van der Waals surface area contributed by atoms with Gasteiger partial charge < -0.3 is 5.11 Å². The molecule has 2 aromatic heterocycles. The number of benzene rings is 1. The van der Waals surface area contributed by atoms with Crippen LogP contribution in [0.2, 0.25) is 0 Å². The van der Waals surface area contributed by atoms with Gasteiger partial charge in [0, 0.05) is 0 Å². The van der Waals surface area contributed by atoms with Gasteiger partial charge in [0.2, 0.25) is 0 Å². The van der Waals surface area contributed by atoms with E-state index in [2.05, 4.69) is 10.4 Å². The Morgan fingerprint density at radius 3 is 2.71 bits per heavy atom. The van der Waals surface area contributed by atoms with Crippen molar-refractivity contribution in [2.45, 2.75) is 6.54 Å². The Balaban J connectivity index is 1.97. The Morgan fingerprint density at radius 2 is 2.00 bits per heavy atom. The number of nitrogens with zero attached hydrogens (tertiary/aromatic N) is 4. The summed E-state index contributed by atoms with van der Waals surface area (Å²) in [7, 11) is 0. The molecule has 0 bridgehead atoms. The second-order valence-corrected chi connectivity index (χ2v) is 5.17. The Labute approximate surface area is 122 Å². The van der Waals surface area contributed by atoms with Gasteiger partial charge in [-0.3, -0.25) is 0 Å². The molecule has 3 rings (SSSR count). The summed E-state index contributed by atoms with van der Waals surface area (Å²) in [6, 6.07) is 10.1. The average molecular weight is 302 g/mol. The second-order valence-electron chi connectivity index (χ2n) is 4.24. The number of hydrogen-bond acceptors (Lipinski definition) is 5. The molecule has 0 fully saturated rings. The molecule has 3 aromatic rings. The molecule has 1 aromatic carbocycles. The molecule has 8 heteroatoms. The van der Waals surface area contributed by atoms with Crippen molar-refractivity contribution in [1.82, 2.24) is 19.8 Å². The summed E-state index contributed by atoms with van der Waals surface area (Å²) in [5, 5.41) is 19.2. The number of tetrazole rings is 1. The highest BCUT2D eigenvalue weighted by molar-refractivity contribution is 7.12. The summed E-state index contributed by atoms with van der Waals surface area (Å²) in [6.07, 6.45) is 0. The highest BCUT2D eigenvalue weighted by Gasteiger charge is 2.14. The van der Waals surface area contributed by atoms with Crippen LogP contribution in [0.15, 0.2) is 46.6 Å². The summed E-state index contributed by atoms with van der Waals surface area (Å²) in [5.74, 6) is -1.04. The summed E-state index contributed by atoms with van der Waals surface area (Å²) < 4.78 is 2.33. The molecule has 0 spiro atoms. The number of aromatic carboxylic acids is 1. The first-order valence-electron chi connectivity index (χ1n) is 6.04. The fraction of sp³-hybridized carbons (Fsp3) is 0.0769. The largest absolute Gasteiger partial charge is 0.478 e. The zero-order valence-corrected chi connectivity index (χ0v) is 11.5. The van der Waals surface area contributed by atoms with Crippen LogP contribution in [0, 0.1) is 0 Å². The normalized spacial score (nSPS) is 10.7. The molecule has 0 saturated heterocycles. The van der Waals surface area contributed by atoms with Crippen LogP contribution in [0.1, 0.15) is 15.9 Å². The molecule has 0 amide bonds. The van der Waals surface area contributed by atoms with E-state index in [0.29, 0.717) is 10.6 Å². The van der Waals surface area contributed by atoms with E-state index in [1.807, 2.05) is 11.4 Å². The fourth-order valence-electron chi connectivity index (χ4n) is 1.93. The van der Waals surface area contributed by atoms with Crippen molar-refractivity contribution >= 4 is 17.3 Å². The molecule has 0 radical (unpaired) electrons. The highest BCUT2D eigenvalue weighted by Crippen LogP contribution is 2.12. The van der Waals surface area contributed by atoms with Crippen LogP contribution in [0.4, 0.5) is 0 Å². The van der Waals surface area contributed by atoms with Crippen molar-refractivity contribution in [3.63, 3.8) is 0 Å². The molecular formula is C13H10N4O3S. The minimum atomic E-state index is -1.04. The molecule has 21 heavy (non-hydrogen) atoms. The molecule has 106 valence electrons. The van der Waals surface area contributed by atoms with Crippen molar-refractivity contribution in [1.29, 1.82) is 0 Å². The lowest BCUT2D eigenvalue weighted by Gasteiger charge is -2.04. The first-order valence-corrected chi connectivity index (χ1v) is 6.92. The molecule has 2 heterocycles. The lowest BCUT2D eigenvalue weighted by atomic mass is 10.1. The molecular weight excluding hydrogens is 292 g/mol. The maximum absolute atomic E-state index is 12.2. The molecule has 0 saturated carbocycles. The monoisotopic (exact) mass is 302 g/mol. The van der Waals surface area contributed by atoms with E-state index in [0.717, 1.165) is 4.68 Å². The predicted molar refractivity (Wildman–Crippen MR) is 76.0 cm³/mol. The fourth-order valence-corrected chi connectivity index (χ4v) is 2.60. The first-order chi connectivity index (χ1) is 10.2. The van der Waals surface area contributed by atoms with E-state index in [1.54, 1.807) is 24.3 Å². The third-order valence-electron chi connectivity index (χ3n) is 2.92. The molecule has 0 unspecified atom stereocenters. The van der Waals surface area contributed by atoms with Crippen LogP contribution in [0.3, 0.4) is 0 Å². The van der Waals surface area contributed by atoms with E-state index in [-0.39, 0.29) is 12.1 Å². The number of hydrogen-bond donors (Lipinski definition) is 1. The Morgan fingerprint density at radius 1 is 1.19 bits per heavy atom. The molecule has 0 aliphatic heterocycles. The van der Waals surface area contributed by atoms with Crippen molar-refractivity contribution < 1.29 is 9.90 Å². The summed E-state index contributed by atoms with van der Waals surface area (Å²) in [5.41, 5.74) is 0.248. The van der Waals surface area contributed by atoms with Gasteiger partial charge in [0.1, 0.15) is 5.00 Å². The molecule has 1 N–H and O–H groups in total. The minimum absolute atomic E-state index is 0.0622. The lowest BCUT2D eigenvalue weighted by Crippen LogP contribution is -2.25. The van der Waals surface area contributed by atoms with Crippen LogP contribution in [-0.2, 0) is 6.54 Å². The number of thiophene rings is 1. The SMILES string of the molecule is O=C(O)c1ccccc1Cn1nnn(-c2cccs2)c1=O. The van der Waals surface area contributed by atoms with E-state index in [4.69, 9.17) is 5.11 Å². The number of aromatic nitrogens is 4. The van der Waals surface area contributed by atoms with Crippen molar-refractivity contribution in [2.24, 2.45) is 0 Å². The van der Waals surface area contributed by atoms with Gasteiger partial charge in [-0.2, -0.15) is 9.36 Å². The van der Waals surface area contributed by atoms with Gasteiger partial charge in [-0.1, -0.05) is 18.2 Å². The smallest absolute Gasteiger partial charge is 0.369 e. The molecule has 7 nitrogen and oxygen atoms in total. The summed E-state index contributed by atoms with van der Waals surface area (Å²) in [6.45, 7) is 0.0622. The van der Waals surface area contributed by atoms with Crippen LogP contribution in [-0.4, -0.2) is 30.9 Å². The highest BCUT2D eigenvalue weighted by atomic mass is 32.1. The van der Waals surface area contributed by atoms with E-state index in [1.165, 1.54) is 22.1 Å². The Kier molecular flexibility index (Phi) is 3.36. The first kappa shape index (κ1) is 13.3. The van der Waals surface area contributed by atoms with Gasteiger partial charge in [-0.25, -0.2) is 9.59 Å². The number of rotatable bonds is 4. The quantitative estimate of drug-likeness (QED) is 0.783. The summed E-state index contributed by atoms with van der Waals surface area (Å²) >= 11 is 1.37. The zero-order chi connectivity index (χ0) is 14.8. The Hall–Kier alpha value is -2.74. The topological polar surface area (TPSA) is 90.0 Å². The van der Waals surface area contributed by atoms with Gasteiger partial charge in [0.25, 0.3) is 0 Å². The molecule has 0 aliphatic carbocycles. The number of carbonyl (C=O) groups is 1. The maximum atomic E-state index is 12.2.